The Morgan fingerprint density at radius 2 is 2.00 bits per heavy atom. The smallest absolute Gasteiger partial charge is 0.302 e. The van der Waals surface area contributed by atoms with E-state index in [1.807, 2.05) is 25.1 Å². The van der Waals surface area contributed by atoms with Gasteiger partial charge in [-0.1, -0.05) is 19.9 Å². The zero-order chi connectivity index (χ0) is 13.8. The lowest BCUT2D eigenvalue weighted by atomic mass is 9.98. The second-order valence-corrected chi connectivity index (χ2v) is 6.10. The second-order valence-electron chi connectivity index (χ2n) is 4.62. The summed E-state index contributed by atoms with van der Waals surface area (Å²) >= 11 is 0. The van der Waals surface area contributed by atoms with Gasteiger partial charge in [-0.25, -0.2) is 0 Å². The Kier molecular flexibility index (Phi) is 5.14. The number of ether oxygens (including phenoxy) is 1. The number of aryl methyl sites for hydroxylation is 1. The number of benzene rings is 1. The molecule has 1 rings (SSSR count). The van der Waals surface area contributed by atoms with E-state index in [0.717, 1.165) is 5.56 Å². The van der Waals surface area contributed by atoms with Crippen molar-refractivity contribution in [1.82, 2.24) is 0 Å². The van der Waals surface area contributed by atoms with Gasteiger partial charge in [0.2, 0.25) is 0 Å². The van der Waals surface area contributed by atoms with Gasteiger partial charge >= 0.3 is 10.2 Å². The van der Waals surface area contributed by atoms with E-state index in [1.54, 1.807) is 0 Å². The zero-order valence-corrected chi connectivity index (χ0v) is 11.8. The summed E-state index contributed by atoms with van der Waals surface area (Å²) < 4.78 is 38.2. The average Bonchev–Trinajstić information content (AvgIpc) is 2.22. The first kappa shape index (κ1) is 15.0. The third-order valence-corrected chi connectivity index (χ3v) is 3.44. The van der Waals surface area contributed by atoms with E-state index in [9.17, 15) is 12.3 Å². The highest BCUT2D eigenvalue weighted by Gasteiger charge is 2.07. The van der Waals surface area contributed by atoms with Gasteiger partial charge in [0.25, 0.3) is 0 Å². The fourth-order valence-corrected chi connectivity index (χ4v) is 2.27. The normalized spacial score (nSPS) is 11.8. The Morgan fingerprint density at radius 3 is 2.50 bits per heavy atom. The van der Waals surface area contributed by atoms with E-state index >= 15 is 0 Å². The molecule has 0 saturated carbocycles. The predicted molar refractivity (Wildman–Crippen MR) is 70.3 cm³/mol. The molecule has 0 unspecified atom stereocenters. The quantitative estimate of drug-likeness (QED) is 0.591. The van der Waals surface area contributed by atoms with Gasteiger partial charge in [-0.05, 0) is 42.5 Å². The van der Waals surface area contributed by atoms with Crippen LogP contribution in [-0.2, 0) is 10.2 Å². The summed E-state index contributed by atoms with van der Waals surface area (Å²) in [6.45, 7) is 6.45. The maximum atomic E-state index is 12.2. The molecule has 0 aliphatic rings. The Hall–Kier alpha value is -1.10. The van der Waals surface area contributed by atoms with Crippen LogP contribution in [0.5, 0.6) is 5.75 Å². The summed E-state index contributed by atoms with van der Waals surface area (Å²) in [7, 11) is -4.38. The van der Waals surface area contributed by atoms with Gasteiger partial charge in [-0.15, -0.1) is 3.89 Å². The molecule has 1 aromatic carbocycles. The summed E-state index contributed by atoms with van der Waals surface area (Å²) in [6, 6.07) is 5.77. The molecule has 0 heterocycles. The average molecular weight is 274 g/mol. The molecule has 3 nitrogen and oxygen atoms in total. The molecule has 0 atom stereocenters. The third kappa shape index (κ3) is 5.04. The first-order valence-corrected chi connectivity index (χ1v) is 7.50. The summed E-state index contributed by atoms with van der Waals surface area (Å²) in [5.74, 6) is 0.652. The molecule has 0 aliphatic carbocycles. The third-order valence-electron chi connectivity index (χ3n) is 2.66. The topological polar surface area (TPSA) is 43.4 Å². The van der Waals surface area contributed by atoms with Crippen LogP contribution in [-0.4, -0.2) is 20.8 Å². The van der Waals surface area contributed by atoms with Crippen molar-refractivity contribution in [1.29, 1.82) is 0 Å². The highest BCUT2D eigenvalue weighted by atomic mass is 32.3. The van der Waals surface area contributed by atoms with Gasteiger partial charge in [0.15, 0.2) is 0 Å². The minimum absolute atomic E-state index is 0.157. The molecule has 102 valence electrons. The lowest BCUT2D eigenvalue weighted by Crippen LogP contribution is -2.05. The summed E-state index contributed by atoms with van der Waals surface area (Å²) in [5, 5.41) is 0. The molecule has 5 heteroatoms. The van der Waals surface area contributed by atoms with Crippen LogP contribution in [0.15, 0.2) is 18.2 Å². The number of hydrogen-bond donors (Lipinski definition) is 0. The fraction of sp³-hybridized carbons (Fsp3) is 0.538. The summed E-state index contributed by atoms with van der Waals surface area (Å²) in [6.07, 6.45) is 0.157. The maximum Gasteiger partial charge on any atom is 0.302 e. The van der Waals surface area contributed by atoms with Crippen LogP contribution in [0.3, 0.4) is 0 Å². The minimum atomic E-state index is -4.38. The minimum Gasteiger partial charge on any atom is -0.494 e. The molecule has 1 aromatic rings. The van der Waals surface area contributed by atoms with Crippen molar-refractivity contribution in [2.45, 2.75) is 33.1 Å². The van der Waals surface area contributed by atoms with Gasteiger partial charge in [-0.2, -0.15) is 8.42 Å². The van der Waals surface area contributed by atoms with Crippen LogP contribution in [0.4, 0.5) is 3.89 Å². The summed E-state index contributed by atoms with van der Waals surface area (Å²) in [4.78, 5) is 0. The van der Waals surface area contributed by atoms with Crippen LogP contribution in [0.1, 0.15) is 37.3 Å². The van der Waals surface area contributed by atoms with E-state index < -0.39 is 16.0 Å². The van der Waals surface area contributed by atoms with Crippen molar-refractivity contribution in [3.8, 4) is 5.75 Å². The van der Waals surface area contributed by atoms with Crippen molar-refractivity contribution in [3.63, 3.8) is 0 Å². The van der Waals surface area contributed by atoms with Crippen molar-refractivity contribution >= 4 is 10.2 Å². The maximum absolute atomic E-state index is 12.2. The lowest BCUT2D eigenvalue weighted by molar-refractivity contribution is 0.316. The van der Waals surface area contributed by atoms with Gasteiger partial charge in [0.05, 0.1) is 12.4 Å². The van der Waals surface area contributed by atoms with Gasteiger partial charge < -0.3 is 4.74 Å². The Balaban J connectivity index is 2.52. The van der Waals surface area contributed by atoms with E-state index in [-0.39, 0.29) is 13.0 Å². The molecule has 0 bridgehead atoms. The molecule has 0 radical (unpaired) electrons. The van der Waals surface area contributed by atoms with Crippen LogP contribution in [0.2, 0.25) is 0 Å². The molecular weight excluding hydrogens is 255 g/mol. The predicted octanol–water partition coefficient (Wildman–Crippen LogP) is 3.19. The Labute approximate surface area is 108 Å². The van der Waals surface area contributed by atoms with Crippen molar-refractivity contribution in [2.24, 2.45) is 0 Å². The fourth-order valence-electron chi connectivity index (χ4n) is 1.81. The van der Waals surface area contributed by atoms with E-state index in [4.69, 9.17) is 4.74 Å². The largest absolute Gasteiger partial charge is 0.494 e. The molecule has 0 aliphatic heterocycles. The monoisotopic (exact) mass is 274 g/mol. The molecule has 0 amide bonds. The molecule has 0 spiro atoms. The standard InChI is InChI=1S/C13H19FO3S/c1-10(2)13-6-5-12(9-11(13)3)17-7-4-8-18(14,15)16/h5-6,9-10H,4,7-8H2,1-3H3. The number of rotatable bonds is 6. The van der Waals surface area contributed by atoms with E-state index in [0.29, 0.717) is 11.7 Å². The number of halogens is 1. The van der Waals surface area contributed by atoms with Crippen LogP contribution < -0.4 is 4.74 Å². The highest BCUT2D eigenvalue weighted by molar-refractivity contribution is 7.86. The first-order chi connectivity index (χ1) is 8.29. The van der Waals surface area contributed by atoms with Gasteiger partial charge in [0.1, 0.15) is 5.75 Å². The highest BCUT2D eigenvalue weighted by Crippen LogP contribution is 2.23. The van der Waals surface area contributed by atoms with Crippen molar-refractivity contribution < 1.29 is 17.0 Å². The molecule has 0 aromatic heterocycles. The van der Waals surface area contributed by atoms with Crippen LogP contribution in [0.25, 0.3) is 0 Å². The van der Waals surface area contributed by atoms with E-state index in [2.05, 4.69) is 13.8 Å². The van der Waals surface area contributed by atoms with Crippen molar-refractivity contribution in [3.05, 3.63) is 29.3 Å². The van der Waals surface area contributed by atoms with Crippen molar-refractivity contribution in [2.75, 3.05) is 12.4 Å². The van der Waals surface area contributed by atoms with Gasteiger partial charge in [-0.3, -0.25) is 0 Å². The Bertz CT molecular complexity index is 495. The molecule has 0 saturated heterocycles. The molecule has 0 fully saturated rings. The molecule has 18 heavy (non-hydrogen) atoms. The second kappa shape index (κ2) is 6.18. The first-order valence-electron chi connectivity index (χ1n) is 5.95. The van der Waals surface area contributed by atoms with Gasteiger partial charge in [0, 0.05) is 0 Å². The molecule has 0 N–H and O–H groups in total. The SMILES string of the molecule is Cc1cc(OCCCS(=O)(=O)F)ccc1C(C)C. The van der Waals surface area contributed by atoms with E-state index in [1.165, 1.54) is 5.56 Å². The molecular formula is C13H19FO3S. The van der Waals surface area contributed by atoms with Crippen LogP contribution in [0, 0.1) is 6.92 Å². The Morgan fingerprint density at radius 1 is 1.33 bits per heavy atom. The summed E-state index contributed by atoms with van der Waals surface area (Å²) in [5.41, 5.74) is 2.40. The zero-order valence-electron chi connectivity index (χ0n) is 10.9. The number of hydrogen-bond acceptors (Lipinski definition) is 3. The van der Waals surface area contributed by atoms with Crippen LogP contribution >= 0.6 is 0 Å². The lowest BCUT2D eigenvalue weighted by Gasteiger charge is -2.12.